The average molecular weight is 196 g/mol. The molecule has 1 rings (SSSR count). The van der Waals surface area contributed by atoms with Crippen LogP contribution in [-0.4, -0.2) is 0 Å². The maximum atomic E-state index is 2.49. The Hall–Kier alpha value is 0. The van der Waals surface area contributed by atoms with Gasteiger partial charge < -0.3 is 0 Å². The molecule has 0 amide bonds. The van der Waals surface area contributed by atoms with E-state index in [4.69, 9.17) is 0 Å². The first-order chi connectivity index (χ1) is 6.57. The van der Waals surface area contributed by atoms with Gasteiger partial charge in [-0.25, -0.2) is 0 Å². The molecule has 0 spiro atoms. The van der Waals surface area contributed by atoms with Gasteiger partial charge in [0.15, 0.2) is 0 Å². The molecule has 0 N–H and O–H groups in total. The monoisotopic (exact) mass is 196 g/mol. The fourth-order valence-corrected chi connectivity index (χ4v) is 3.52. The molecule has 0 aromatic heterocycles. The highest BCUT2D eigenvalue weighted by molar-refractivity contribution is 4.87. The minimum Gasteiger partial charge on any atom is -0.0654 e. The summed E-state index contributed by atoms with van der Waals surface area (Å²) in [5.74, 6) is 4.84. The minimum atomic E-state index is 0.888. The van der Waals surface area contributed by atoms with Crippen LogP contribution >= 0.6 is 0 Å². The van der Waals surface area contributed by atoms with Crippen molar-refractivity contribution in [3.8, 4) is 0 Å². The van der Waals surface area contributed by atoms with Gasteiger partial charge in [-0.05, 0) is 42.4 Å². The molecule has 1 aliphatic carbocycles. The first-order valence-electron chi connectivity index (χ1n) is 6.57. The quantitative estimate of drug-likeness (QED) is 0.609. The van der Waals surface area contributed by atoms with E-state index in [2.05, 4.69) is 34.6 Å². The van der Waals surface area contributed by atoms with Gasteiger partial charge in [0.05, 0.1) is 0 Å². The molecule has 0 nitrogen and oxygen atoms in total. The summed E-state index contributed by atoms with van der Waals surface area (Å²) in [6.07, 6.45) is 5.75. The van der Waals surface area contributed by atoms with Gasteiger partial charge in [-0.2, -0.15) is 0 Å². The zero-order chi connectivity index (χ0) is 10.7. The molecule has 0 bridgehead atoms. The van der Waals surface area contributed by atoms with Crippen LogP contribution in [0.3, 0.4) is 0 Å². The molecule has 0 heterocycles. The van der Waals surface area contributed by atoms with E-state index in [0.29, 0.717) is 0 Å². The molecule has 1 fully saturated rings. The Morgan fingerprint density at radius 3 is 2.29 bits per heavy atom. The molecule has 1 aliphatic rings. The second-order valence-electron chi connectivity index (χ2n) is 5.79. The van der Waals surface area contributed by atoms with Crippen LogP contribution in [0.2, 0.25) is 0 Å². The van der Waals surface area contributed by atoms with Gasteiger partial charge in [0.2, 0.25) is 0 Å². The molecular formula is C14H28. The summed E-state index contributed by atoms with van der Waals surface area (Å²) in [4.78, 5) is 0. The van der Waals surface area contributed by atoms with Crippen molar-refractivity contribution >= 4 is 0 Å². The lowest BCUT2D eigenvalue weighted by Crippen LogP contribution is -2.16. The van der Waals surface area contributed by atoms with Gasteiger partial charge in [0.1, 0.15) is 0 Å². The third-order valence-electron chi connectivity index (χ3n) is 4.47. The molecular weight excluding hydrogens is 168 g/mol. The van der Waals surface area contributed by atoms with Crippen LogP contribution < -0.4 is 0 Å². The normalized spacial score (nSPS) is 38.1. The van der Waals surface area contributed by atoms with Gasteiger partial charge in [-0.15, -0.1) is 0 Å². The highest BCUT2D eigenvalue weighted by Crippen LogP contribution is 2.46. The molecule has 0 aliphatic heterocycles. The lowest BCUT2D eigenvalue weighted by atomic mass is 9.82. The second-order valence-corrected chi connectivity index (χ2v) is 5.79. The molecule has 0 saturated heterocycles. The van der Waals surface area contributed by atoms with Crippen LogP contribution in [0.5, 0.6) is 0 Å². The van der Waals surface area contributed by atoms with E-state index < -0.39 is 0 Å². The average Bonchev–Trinajstić information content (AvgIpc) is 2.40. The van der Waals surface area contributed by atoms with E-state index in [1.54, 1.807) is 0 Å². The Morgan fingerprint density at radius 1 is 1.21 bits per heavy atom. The Morgan fingerprint density at radius 2 is 1.86 bits per heavy atom. The first kappa shape index (κ1) is 12.1. The zero-order valence-electron chi connectivity index (χ0n) is 10.7. The van der Waals surface area contributed by atoms with E-state index in [9.17, 15) is 0 Å². The third-order valence-corrected chi connectivity index (χ3v) is 4.47. The van der Waals surface area contributed by atoms with Crippen LogP contribution in [0.4, 0.5) is 0 Å². The number of unbranched alkanes of at least 4 members (excludes halogenated alkanes) is 1. The lowest BCUT2D eigenvalue weighted by Gasteiger charge is -2.24. The Kier molecular flexibility index (Phi) is 4.47. The fraction of sp³-hybridized carbons (Fsp3) is 1.00. The van der Waals surface area contributed by atoms with Gasteiger partial charge in [-0.3, -0.25) is 0 Å². The molecule has 0 heteroatoms. The second kappa shape index (κ2) is 5.19. The van der Waals surface area contributed by atoms with E-state index in [1.165, 1.54) is 25.7 Å². The van der Waals surface area contributed by atoms with Crippen LogP contribution in [-0.2, 0) is 0 Å². The third kappa shape index (κ3) is 2.52. The van der Waals surface area contributed by atoms with E-state index in [1.807, 2.05) is 0 Å². The minimum absolute atomic E-state index is 0.888. The summed E-state index contributed by atoms with van der Waals surface area (Å²) in [7, 11) is 0. The van der Waals surface area contributed by atoms with Crippen LogP contribution in [0.15, 0.2) is 0 Å². The van der Waals surface area contributed by atoms with Gasteiger partial charge >= 0.3 is 0 Å². The molecule has 4 atom stereocenters. The standard InChI is InChI=1S/C14H28/c1-6-7-8-13-11(4)9-14(10(2)3)12(13)5/h10-14H,6-9H2,1-5H3. The summed E-state index contributed by atoms with van der Waals surface area (Å²) in [6, 6.07) is 0. The predicted molar refractivity (Wildman–Crippen MR) is 64.3 cm³/mol. The van der Waals surface area contributed by atoms with Crippen LogP contribution in [0.1, 0.15) is 60.3 Å². The fourth-order valence-electron chi connectivity index (χ4n) is 3.52. The van der Waals surface area contributed by atoms with Crippen molar-refractivity contribution in [1.29, 1.82) is 0 Å². The summed E-state index contributed by atoms with van der Waals surface area (Å²) in [5.41, 5.74) is 0. The predicted octanol–water partition coefficient (Wildman–Crippen LogP) is 4.74. The molecule has 1 saturated carbocycles. The van der Waals surface area contributed by atoms with E-state index >= 15 is 0 Å². The summed E-state index contributed by atoms with van der Waals surface area (Å²) < 4.78 is 0. The van der Waals surface area contributed by atoms with Crippen LogP contribution in [0.25, 0.3) is 0 Å². The lowest BCUT2D eigenvalue weighted by molar-refractivity contribution is 0.253. The first-order valence-corrected chi connectivity index (χ1v) is 6.57. The van der Waals surface area contributed by atoms with E-state index in [0.717, 1.165) is 29.6 Å². The highest BCUT2D eigenvalue weighted by Gasteiger charge is 2.38. The number of hydrogen-bond acceptors (Lipinski definition) is 0. The van der Waals surface area contributed by atoms with Crippen LogP contribution in [0, 0.1) is 29.6 Å². The molecule has 0 radical (unpaired) electrons. The van der Waals surface area contributed by atoms with Crippen molar-refractivity contribution in [2.45, 2.75) is 60.3 Å². The highest BCUT2D eigenvalue weighted by atomic mass is 14.4. The maximum absolute atomic E-state index is 2.49. The summed E-state index contributed by atoms with van der Waals surface area (Å²) in [6.45, 7) is 12.1. The Balaban J connectivity index is 2.51. The van der Waals surface area contributed by atoms with Gasteiger partial charge in [0, 0.05) is 0 Å². The Bertz CT molecular complexity index is 159. The van der Waals surface area contributed by atoms with Gasteiger partial charge in [0.25, 0.3) is 0 Å². The number of hydrogen-bond donors (Lipinski definition) is 0. The van der Waals surface area contributed by atoms with Crippen molar-refractivity contribution < 1.29 is 0 Å². The smallest absolute Gasteiger partial charge is 0.0360 e. The molecule has 84 valence electrons. The summed E-state index contributed by atoms with van der Waals surface area (Å²) >= 11 is 0. The molecule has 0 aromatic carbocycles. The van der Waals surface area contributed by atoms with Crippen molar-refractivity contribution in [2.24, 2.45) is 29.6 Å². The molecule has 14 heavy (non-hydrogen) atoms. The molecule has 0 aromatic rings. The summed E-state index contributed by atoms with van der Waals surface area (Å²) in [5, 5.41) is 0. The van der Waals surface area contributed by atoms with Crippen molar-refractivity contribution in [3.63, 3.8) is 0 Å². The SMILES string of the molecule is CCCCC1C(C)CC(C(C)C)C1C. The molecule has 4 unspecified atom stereocenters. The maximum Gasteiger partial charge on any atom is -0.0360 e. The van der Waals surface area contributed by atoms with Crippen molar-refractivity contribution in [3.05, 3.63) is 0 Å². The number of rotatable bonds is 4. The van der Waals surface area contributed by atoms with Crippen molar-refractivity contribution in [2.75, 3.05) is 0 Å². The van der Waals surface area contributed by atoms with Crippen molar-refractivity contribution in [1.82, 2.24) is 0 Å². The largest absolute Gasteiger partial charge is 0.0654 e. The Labute approximate surface area is 90.5 Å². The zero-order valence-corrected chi connectivity index (χ0v) is 10.7. The van der Waals surface area contributed by atoms with E-state index in [-0.39, 0.29) is 0 Å². The van der Waals surface area contributed by atoms with Gasteiger partial charge in [-0.1, -0.05) is 47.5 Å². The topological polar surface area (TPSA) is 0 Å².